The first-order valence-corrected chi connectivity index (χ1v) is 29.7. The van der Waals surface area contributed by atoms with Gasteiger partial charge in [0.15, 0.2) is 6.29 Å². The molecule has 0 aliphatic carbocycles. The number of unbranched alkanes of at least 4 members (excludes halogenated alkanes) is 35. The highest BCUT2D eigenvalue weighted by molar-refractivity contribution is 5.76. The Hall–Kier alpha value is -1.59. The summed E-state index contributed by atoms with van der Waals surface area (Å²) in [6.45, 7) is 3.74. The average molecular weight is 977 g/mol. The van der Waals surface area contributed by atoms with Crippen LogP contribution >= 0.6 is 0 Å². The fourth-order valence-corrected chi connectivity index (χ4v) is 9.59. The molecule has 0 radical (unpaired) electrons. The van der Waals surface area contributed by atoms with Gasteiger partial charge in [0.1, 0.15) is 24.4 Å². The molecule has 1 aliphatic rings. The zero-order valence-corrected chi connectivity index (χ0v) is 45.1. The topological polar surface area (TPSA) is 149 Å². The molecule has 0 spiro atoms. The molecule has 406 valence electrons. The molecule has 69 heavy (non-hydrogen) atoms. The standard InChI is InChI=1S/C60H113NO8/c1-3-5-7-9-11-13-15-17-19-20-21-22-23-24-25-26-27-28-29-30-31-32-33-34-36-37-39-41-43-45-47-49-54(63)53(52-68-60-59(67)58(66)57(65)55(51-62)69-60)61-56(64)50-48-46-44-42-40-38-35-18-16-14-12-10-8-6-4-2/h6,8,12,14,18,35,53-55,57-60,62-63,65-67H,3-5,7,9-11,13,15-17,19-34,36-52H2,1-2H3,(H,61,64)/b8-6-,14-12-,35-18-. The Labute approximate surface area is 425 Å². The summed E-state index contributed by atoms with van der Waals surface area (Å²) in [4.78, 5) is 13.0. The molecule has 1 amide bonds. The van der Waals surface area contributed by atoms with E-state index in [1.807, 2.05) is 0 Å². The molecule has 1 rings (SSSR count). The van der Waals surface area contributed by atoms with E-state index in [4.69, 9.17) is 9.47 Å². The minimum absolute atomic E-state index is 0.144. The van der Waals surface area contributed by atoms with Crippen LogP contribution in [0.5, 0.6) is 0 Å². The van der Waals surface area contributed by atoms with Gasteiger partial charge >= 0.3 is 0 Å². The van der Waals surface area contributed by atoms with Gasteiger partial charge in [0.2, 0.25) is 5.91 Å². The van der Waals surface area contributed by atoms with Gasteiger partial charge in [-0.25, -0.2) is 0 Å². The van der Waals surface area contributed by atoms with E-state index in [1.54, 1.807) is 0 Å². The van der Waals surface area contributed by atoms with Crippen molar-refractivity contribution in [2.24, 2.45) is 0 Å². The van der Waals surface area contributed by atoms with Crippen molar-refractivity contribution in [1.82, 2.24) is 5.32 Å². The first-order valence-electron chi connectivity index (χ1n) is 29.7. The maximum absolute atomic E-state index is 13.0. The van der Waals surface area contributed by atoms with E-state index >= 15 is 0 Å². The number of aliphatic hydroxyl groups excluding tert-OH is 5. The summed E-state index contributed by atoms with van der Waals surface area (Å²) in [6, 6.07) is -0.729. The van der Waals surface area contributed by atoms with Gasteiger partial charge in [-0.05, 0) is 44.9 Å². The maximum atomic E-state index is 13.0. The molecule has 9 nitrogen and oxygen atoms in total. The monoisotopic (exact) mass is 976 g/mol. The lowest BCUT2D eigenvalue weighted by atomic mass is 9.99. The number of nitrogens with one attached hydrogen (secondary N) is 1. The quantitative estimate of drug-likeness (QED) is 0.0261. The van der Waals surface area contributed by atoms with Crippen molar-refractivity contribution < 1.29 is 39.8 Å². The van der Waals surface area contributed by atoms with E-state index in [2.05, 4.69) is 55.6 Å². The van der Waals surface area contributed by atoms with Crippen molar-refractivity contribution in [3.63, 3.8) is 0 Å². The first-order chi connectivity index (χ1) is 33.8. The lowest BCUT2D eigenvalue weighted by Gasteiger charge is -2.40. The Morgan fingerprint density at radius 2 is 0.899 bits per heavy atom. The van der Waals surface area contributed by atoms with E-state index in [0.717, 1.165) is 77.0 Å². The van der Waals surface area contributed by atoms with Crippen LogP contribution < -0.4 is 5.32 Å². The Morgan fingerprint density at radius 1 is 0.507 bits per heavy atom. The van der Waals surface area contributed by atoms with Gasteiger partial charge in [-0.3, -0.25) is 4.79 Å². The Morgan fingerprint density at radius 3 is 1.33 bits per heavy atom. The van der Waals surface area contributed by atoms with E-state index in [1.165, 1.54) is 180 Å². The SMILES string of the molecule is CC/C=C\C/C=C\C/C=C\CCCCCCCC(=O)NC(COC1OC(CO)C(O)C(O)C1O)C(O)CCCCCCCCCCCCCCCCCCCCCCCCCCCCCCCCC. The third-order valence-corrected chi connectivity index (χ3v) is 14.3. The highest BCUT2D eigenvalue weighted by Crippen LogP contribution is 2.23. The van der Waals surface area contributed by atoms with Crippen molar-refractivity contribution in [2.45, 2.75) is 326 Å². The van der Waals surface area contributed by atoms with Gasteiger partial charge in [0.25, 0.3) is 0 Å². The second kappa shape index (κ2) is 50.0. The lowest BCUT2D eigenvalue weighted by Crippen LogP contribution is -2.60. The summed E-state index contributed by atoms with van der Waals surface area (Å²) < 4.78 is 11.3. The maximum Gasteiger partial charge on any atom is 0.220 e. The number of aliphatic hydroxyl groups is 5. The van der Waals surface area contributed by atoms with Gasteiger partial charge in [-0.15, -0.1) is 0 Å². The Balaban J connectivity index is 2.13. The number of rotatable bonds is 51. The number of hydrogen-bond acceptors (Lipinski definition) is 8. The fourth-order valence-electron chi connectivity index (χ4n) is 9.59. The van der Waals surface area contributed by atoms with Crippen molar-refractivity contribution in [3.05, 3.63) is 36.5 Å². The largest absolute Gasteiger partial charge is 0.394 e. The average Bonchev–Trinajstić information content (AvgIpc) is 3.35. The van der Waals surface area contributed by atoms with Crippen LogP contribution in [0.2, 0.25) is 0 Å². The molecule has 1 saturated heterocycles. The molecule has 9 heteroatoms. The van der Waals surface area contributed by atoms with Crippen molar-refractivity contribution in [3.8, 4) is 0 Å². The van der Waals surface area contributed by atoms with Gasteiger partial charge in [0.05, 0.1) is 25.4 Å². The fraction of sp³-hybridized carbons (Fsp3) is 0.883. The molecule has 1 aliphatic heterocycles. The number of carbonyl (C=O) groups is 1. The summed E-state index contributed by atoms with van der Waals surface area (Å²) in [5.41, 5.74) is 0. The van der Waals surface area contributed by atoms with Crippen molar-refractivity contribution in [1.29, 1.82) is 0 Å². The summed E-state index contributed by atoms with van der Waals surface area (Å²) in [5.74, 6) is -0.159. The number of carbonyl (C=O) groups excluding carboxylic acids is 1. The van der Waals surface area contributed by atoms with Crippen LogP contribution in [0.1, 0.15) is 284 Å². The summed E-state index contributed by atoms with van der Waals surface area (Å²) in [5, 5.41) is 54.6. The molecule has 0 aromatic heterocycles. The lowest BCUT2D eigenvalue weighted by molar-refractivity contribution is -0.302. The van der Waals surface area contributed by atoms with Gasteiger partial charge in [-0.1, -0.05) is 269 Å². The number of allylic oxidation sites excluding steroid dienone is 6. The predicted octanol–water partition coefficient (Wildman–Crippen LogP) is 14.7. The molecule has 7 atom stereocenters. The van der Waals surface area contributed by atoms with Crippen molar-refractivity contribution >= 4 is 5.91 Å². The second-order valence-corrected chi connectivity index (χ2v) is 20.8. The second-order valence-electron chi connectivity index (χ2n) is 20.8. The van der Waals surface area contributed by atoms with Crippen LogP contribution in [-0.4, -0.2) is 87.5 Å². The number of ether oxygens (including phenoxy) is 2. The third-order valence-electron chi connectivity index (χ3n) is 14.3. The van der Waals surface area contributed by atoms with Gasteiger partial charge < -0.3 is 40.3 Å². The molecule has 0 aromatic carbocycles. The molecule has 1 heterocycles. The van der Waals surface area contributed by atoms with Crippen LogP contribution in [0.15, 0.2) is 36.5 Å². The van der Waals surface area contributed by atoms with Crippen LogP contribution in [-0.2, 0) is 14.3 Å². The normalized spacial score (nSPS) is 19.7. The third kappa shape index (κ3) is 39.6. The van der Waals surface area contributed by atoms with E-state index in [9.17, 15) is 30.3 Å². The van der Waals surface area contributed by atoms with E-state index in [0.29, 0.717) is 12.8 Å². The molecule has 1 fully saturated rings. The van der Waals surface area contributed by atoms with Crippen molar-refractivity contribution in [2.75, 3.05) is 13.2 Å². The van der Waals surface area contributed by atoms with Gasteiger partial charge in [0, 0.05) is 6.42 Å². The molecule has 0 bridgehead atoms. The molecular weight excluding hydrogens is 863 g/mol. The summed E-state index contributed by atoms with van der Waals surface area (Å²) in [7, 11) is 0. The molecule has 0 saturated carbocycles. The first kappa shape index (κ1) is 65.4. The summed E-state index contributed by atoms with van der Waals surface area (Å²) >= 11 is 0. The van der Waals surface area contributed by atoms with E-state index in [-0.39, 0.29) is 12.5 Å². The van der Waals surface area contributed by atoms with Crippen LogP contribution in [0.3, 0.4) is 0 Å². The molecular formula is C60H113NO8. The highest BCUT2D eigenvalue weighted by Gasteiger charge is 2.44. The predicted molar refractivity (Wildman–Crippen MR) is 290 cm³/mol. The van der Waals surface area contributed by atoms with Crippen LogP contribution in [0.25, 0.3) is 0 Å². The smallest absolute Gasteiger partial charge is 0.220 e. The zero-order valence-electron chi connectivity index (χ0n) is 45.1. The van der Waals surface area contributed by atoms with Gasteiger partial charge in [-0.2, -0.15) is 0 Å². The number of amides is 1. The highest BCUT2D eigenvalue weighted by atomic mass is 16.7. The Bertz CT molecular complexity index is 1180. The minimum atomic E-state index is -1.56. The minimum Gasteiger partial charge on any atom is -0.394 e. The van der Waals surface area contributed by atoms with Crippen LogP contribution in [0.4, 0.5) is 0 Å². The molecule has 6 N–H and O–H groups in total. The zero-order chi connectivity index (χ0) is 50.1. The summed E-state index contributed by atoms with van der Waals surface area (Å²) in [6.07, 6.45) is 57.7. The molecule has 0 aromatic rings. The molecule has 7 unspecified atom stereocenters. The number of hydrogen-bond donors (Lipinski definition) is 6. The van der Waals surface area contributed by atoms with E-state index < -0.39 is 49.5 Å². The Kier molecular flexibility index (Phi) is 47.4. The van der Waals surface area contributed by atoms with Crippen LogP contribution in [0, 0.1) is 0 Å².